The number of aliphatic carboxylic acids is 1. The van der Waals surface area contributed by atoms with Crippen LogP contribution in [0, 0.1) is 0 Å². The standard InChI is InChI=1S/C18H25NO4Si.C14H22O2Si/c1-12(2)24(13(3)4)15-7-5-6-14(10-15)11-18(22)23-19-16(20)8-9-17(19)21;1-10(2)17(11(3)4)13-7-5-6-12(8-13)9-14(15)16/h5-7,10,12-13,24H,8-9,11H2,1-4H3;5-8,10-11,17H,9H2,1-4H3,(H,15,16). The Kier molecular flexibility index (Phi) is 13.2. The largest absolute Gasteiger partial charge is 0.481 e. The summed E-state index contributed by atoms with van der Waals surface area (Å²) in [5.41, 5.74) is 4.45. The van der Waals surface area contributed by atoms with Gasteiger partial charge in [-0.25, -0.2) is 4.79 Å². The topological polar surface area (TPSA) is 101 Å². The average molecular weight is 598 g/mol. The quantitative estimate of drug-likeness (QED) is 0.299. The van der Waals surface area contributed by atoms with Crippen molar-refractivity contribution in [3.05, 3.63) is 59.7 Å². The molecule has 1 fully saturated rings. The molecule has 0 aromatic heterocycles. The first-order chi connectivity index (χ1) is 19.2. The van der Waals surface area contributed by atoms with E-state index < -0.39 is 41.3 Å². The summed E-state index contributed by atoms with van der Waals surface area (Å²) in [5, 5.41) is 12.2. The molecule has 0 spiro atoms. The smallest absolute Gasteiger partial charge is 0.337 e. The van der Waals surface area contributed by atoms with Gasteiger partial charge >= 0.3 is 11.9 Å². The maximum Gasteiger partial charge on any atom is 0.337 e. The summed E-state index contributed by atoms with van der Waals surface area (Å²) in [6.07, 6.45) is 0.405. The Morgan fingerprint density at radius 2 is 1.12 bits per heavy atom. The van der Waals surface area contributed by atoms with Crippen molar-refractivity contribution in [2.24, 2.45) is 0 Å². The van der Waals surface area contributed by atoms with E-state index in [9.17, 15) is 19.2 Å². The third-order valence-corrected chi connectivity index (χ3v) is 15.5. The molecule has 9 heteroatoms. The van der Waals surface area contributed by atoms with E-state index in [2.05, 4.69) is 79.7 Å². The summed E-state index contributed by atoms with van der Waals surface area (Å²) >= 11 is 0. The number of carboxylic acids is 1. The van der Waals surface area contributed by atoms with Crippen molar-refractivity contribution < 1.29 is 29.1 Å². The minimum absolute atomic E-state index is 0.0577. The molecule has 3 rings (SSSR count). The van der Waals surface area contributed by atoms with Crippen molar-refractivity contribution in [2.75, 3.05) is 0 Å². The number of hydrogen-bond donors (Lipinski definition) is 1. The zero-order valence-electron chi connectivity index (χ0n) is 25.8. The van der Waals surface area contributed by atoms with E-state index in [1.165, 1.54) is 10.4 Å². The molecule has 1 heterocycles. The van der Waals surface area contributed by atoms with Crippen molar-refractivity contribution in [3.63, 3.8) is 0 Å². The molecule has 41 heavy (non-hydrogen) atoms. The fraction of sp³-hybridized carbons (Fsp3) is 0.500. The van der Waals surface area contributed by atoms with Crippen molar-refractivity contribution >= 4 is 51.7 Å². The summed E-state index contributed by atoms with van der Waals surface area (Å²) in [4.78, 5) is 50.7. The number of benzene rings is 2. The number of rotatable bonds is 11. The predicted molar refractivity (Wildman–Crippen MR) is 169 cm³/mol. The van der Waals surface area contributed by atoms with Crippen LogP contribution in [0.4, 0.5) is 0 Å². The van der Waals surface area contributed by atoms with Gasteiger partial charge in [-0.2, -0.15) is 0 Å². The molecule has 0 bridgehead atoms. The van der Waals surface area contributed by atoms with Crippen LogP contribution < -0.4 is 10.4 Å². The molecule has 0 aliphatic carbocycles. The minimum atomic E-state index is -1.13. The normalized spacial score (nSPS) is 13.6. The van der Waals surface area contributed by atoms with Gasteiger partial charge in [0.05, 0.1) is 30.4 Å². The molecule has 1 aliphatic heterocycles. The van der Waals surface area contributed by atoms with Crippen LogP contribution in [0.1, 0.15) is 79.4 Å². The van der Waals surface area contributed by atoms with Gasteiger partial charge in [-0.1, -0.05) is 114 Å². The molecule has 0 unspecified atom stereocenters. The van der Waals surface area contributed by atoms with E-state index in [0.29, 0.717) is 27.2 Å². The van der Waals surface area contributed by atoms with Crippen LogP contribution in [-0.2, 0) is 36.9 Å². The summed E-state index contributed by atoms with van der Waals surface area (Å²) in [6.45, 7) is 18.1. The number of hydroxylamine groups is 2. The summed E-state index contributed by atoms with van der Waals surface area (Å²) in [6, 6.07) is 16.2. The molecular formula is C32H47NO6Si2. The minimum Gasteiger partial charge on any atom is -0.481 e. The second-order valence-electron chi connectivity index (χ2n) is 12.3. The molecule has 2 amide bonds. The summed E-state index contributed by atoms with van der Waals surface area (Å²) < 4.78 is 0. The molecule has 0 atom stereocenters. The molecule has 224 valence electrons. The Labute approximate surface area is 248 Å². The number of hydrogen-bond acceptors (Lipinski definition) is 5. The van der Waals surface area contributed by atoms with Gasteiger partial charge in [0.25, 0.3) is 11.8 Å². The van der Waals surface area contributed by atoms with Gasteiger partial charge in [0.1, 0.15) is 0 Å². The lowest BCUT2D eigenvalue weighted by atomic mass is 10.1. The highest BCUT2D eigenvalue weighted by atomic mass is 28.3. The van der Waals surface area contributed by atoms with Gasteiger partial charge in [0.15, 0.2) is 0 Å². The number of imide groups is 1. The van der Waals surface area contributed by atoms with Crippen LogP contribution in [0.2, 0.25) is 22.2 Å². The van der Waals surface area contributed by atoms with Crippen LogP contribution in [0.3, 0.4) is 0 Å². The highest BCUT2D eigenvalue weighted by Crippen LogP contribution is 2.21. The first kappa shape index (κ1) is 34.2. The summed E-state index contributed by atoms with van der Waals surface area (Å²) in [5.74, 6) is -2.24. The lowest BCUT2D eigenvalue weighted by Crippen LogP contribution is -2.36. The van der Waals surface area contributed by atoms with Gasteiger partial charge in [0, 0.05) is 12.8 Å². The molecule has 0 radical (unpaired) electrons. The number of carboxylic acid groups (broad SMARTS) is 1. The Bertz CT molecular complexity index is 1180. The van der Waals surface area contributed by atoms with Crippen LogP contribution in [0.25, 0.3) is 0 Å². The Hall–Kier alpha value is -3.05. The van der Waals surface area contributed by atoms with Crippen LogP contribution in [0.15, 0.2) is 48.5 Å². The number of amides is 2. The van der Waals surface area contributed by atoms with Crippen LogP contribution >= 0.6 is 0 Å². The third kappa shape index (κ3) is 10.4. The van der Waals surface area contributed by atoms with Gasteiger partial charge in [-0.05, 0) is 33.3 Å². The van der Waals surface area contributed by atoms with Gasteiger partial charge in [0.2, 0.25) is 0 Å². The highest BCUT2D eigenvalue weighted by Gasteiger charge is 2.33. The third-order valence-electron chi connectivity index (χ3n) is 7.45. The van der Waals surface area contributed by atoms with E-state index >= 15 is 0 Å². The molecule has 1 N–H and O–H groups in total. The van der Waals surface area contributed by atoms with Crippen LogP contribution in [-0.4, -0.2) is 51.5 Å². The lowest BCUT2D eigenvalue weighted by Gasteiger charge is -2.24. The number of carbonyl (C=O) groups excluding carboxylic acids is 3. The molecule has 2 aromatic rings. The fourth-order valence-electron chi connectivity index (χ4n) is 6.03. The monoisotopic (exact) mass is 597 g/mol. The van der Waals surface area contributed by atoms with Crippen molar-refractivity contribution in [3.8, 4) is 0 Å². The highest BCUT2D eigenvalue weighted by molar-refractivity contribution is 6.76. The number of nitrogens with zero attached hydrogens (tertiary/aromatic N) is 1. The fourth-order valence-corrected chi connectivity index (χ4v) is 13.7. The predicted octanol–water partition coefficient (Wildman–Crippen LogP) is 4.66. The first-order valence-electron chi connectivity index (χ1n) is 14.7. The molecule has 1 aliphatic rings. The average Bonchev–Trinajstić information content (AvgIpc) is 3.15. The molecule has 0 saturated carbocycles. The molecule has 7 nitrogen and oxygen atoms in total. The zero-order chi connectivity index (χ0) is 30.9. The van der Waals surface area contributed by atoms with E-state index in [1.807, 2.05) is 24.3 Å². The van der Waals surface area contributed by atoms with E-state index in [-0.39, 0.29) is 25.7 Å². The Balaban J connectivity index is 0.000000305. The van der Waals surface area contributed by atoms with Gasteiger partial charge in [-0.15, -0.1) is 5.06 Å². The Morgan fingerprint density at radius 1 is 0.732 bits per heavy atom. The molecule has 1 saturated heterocycles. The molecule has 2 aromatic carbocycles. The van der Waals surface area contributed by atoms with Crippen LogP contribution in [0.5, 0.6) is 0 Å². The lowest BCUT2D eigenvalue weighted by molar-refractivity contribution is -0.197. The Morgan fingerprint density at radius 3 is 1.49 bits per heavy atom. The van der Waals surface area contributed by atoms with E-state index in [1.54, 1.807) is 0 Å². The zero-order valence-corrected chi connectivity index (χ0v) is 28.2. The SMILES string of the molecule is CC(C)[SiH](c1cccc(CC(=O)O)c1)C(C)C.CC(C)[SiH](c1cccc(CC(=O)ON2C(=O)CCC2=O)c1)C(C)C. The van der Waals surface area contributed by atoms with E-state index in [4.69, 9.17) is 9.94 Å². The van der Waals surface area contributed by atoms with Gasteiger partial charge in [-0.3, -0.25) is 14.4 Å². The number of carbonyl (C=O) groups is 4. The maximum absolute atomic E-state index is 12.1. The van der Waals surface area contributed by atoms with Gasteiger partial charge < -0.3 is 9.94 Å². The van der Waals surface area contributed by atoms with Crippen molar-refractivity contribution in [1.29, 1.82) is 0 Å². The molecular weight excluding hydrogens is 551 g/mol. The first-order valence-corrected chi connectivity index (χ1v) is 18.5. The second kappa shape index (κ2) is 15.8. The maximum atomic E-state index is 12.1. The van der Waals surface area contributed by atoms with E-state index in [0.717, 1.165) is 11.1 Å². The second-order valence-corrected chi connectivity index (χ2v) is 21.1. The summed E-state index contributed by atoms with van der Waals surface area (Å²) in [7, 11) is -2.14. The van der Waals surface area contributed by atoms with Crippen molar-refractivity contribution in [2.45, 2.75) is 103 Å². The van der Waals surface area contributed by atoms with Crippen molar-refractivity contribution in [1.82, 2.24) is 5.06 Å².